The number of para-hydroxylation sites is 1. The highest BCUT2D eigenvalue weighted by atomic mass is 35.5. The van der Waals surface area contributed by atoms with E-state index in [2.05, 4.69) is 11.4 Å². The van der Waals surface area contributed by atoms with Gasteiger partial charge >= 0.3 is 0 Å². The average molecular weight is 417 g/mol. The van der Waals surface area contributed by atoms with Gasteiger partial charge in [-0.05, 0) is 66.3 Å². The highest BCUT2D eigenvalue weighted by Gasteiger charge is 2.44. The summed E-state index contributed by atoms with van der Waals surface area (Å²) in [6.07, 6.45) is 1.69. The third-order valence-corrected chi connectivity index (χ3v) is 6.31. The summed E-state index contributed by atoms with van der Waals surface area (Å²) in [5, 5.41) is 3.68. The Morgan fingerprint density at radius 3 is 2.47 bits per heavy atom. The van der Waals surface area contributed by atoms with Gasteiger partial charge in [-0.25, -0.2) is 0 Å². The van der Waals surface area contributed by atoms with Gasteiger partial charge in [-0.15, -0.1) is 0 Å². The second kappa shape index (κ2) is 7.62. The quantitative estimate of drug-likeness (QED) is 0.628. The zero-order chi connectivity index (χ0) is 20.7. The molecule has 1 fully saturated rings. The van der Waals surface area contributed by atoms with Gasteiger partial charge in [0.05, 0.1) is 0 Å². The molecule has 30 heavy (non-hydrogen) atoms. The fraction of sp³-hybridized carbons (Fsp3) is 0.200. The van der Waals surface area contributed by atoms with Crippen molar-refractivity contribution in [3.05, 3.63) is 94.5 Å². The molecule has 1 aliphatic carbocycles. The van der Waals surface area contributed by atoms with Crippen molar-refractivity contribution in [1.82, 2.24) is 0 Å². The smallest absolute Gasteiger partial charge is 0.258 e. The number of nitrogens with one attached hydrogen (secondary N) is 1. The molecule has 2 amide bonds. The van der Waals surface area contributed by atoms with Crippen LogP contribution in [-0.4, -0.2) is 18.4 Å². The highest BCUT2D eigenvalue weighted by Crippen LogP contribution is 2.50. The standard InChI is InChI=1S/C25H21ClN2O2/c26-22-7-3-2-6-19(22)20-15-21(20)24(29)27-18-11-9-17(10-12-18)25(30)28-14-13-16-5-1-4-8-23(16)28/h1-12,20-21H,13-15H2,(H,27,29). The van der Waals surface area contributed by atoms with Crippen LogP contribution < -0.4 is 10.2 Å². The lowest BCUT2D eigenvalue weighted by Gasteiger charge is -2.17. The summed E-state index contributed by atoms with van der Waals surface area (Å²) in [5.74, 6) is 0.0911. The van der Waals surface area contributed by atoms with Gasteiger partial charge in [0, 0.05) is 34.4 Å². The maximum Gasteiger partial charge on any atom is 0.258 e. The Bertz CT molecular complexity index is 1130. The minimum atomic E-state index is -0.0627. The van der Waals surface area contributed by atoms with Crippen LogP contribution in [0.5, 0.6) is 0 Å². The predicted molar refractivity (Wildman–Crippen MR) is 119 cm³/mol. The normalized spacial score (nSPS) is 19.3. The molecular formula is C25H21ClN2O2. The van der Waals surface area contributed by atoms with Crippen molar-refractivity contribution >= 4 is 34.8 Å². The number of anilines is 2. The molecule has 2 atom stereocenters. The lowest BCUT2D eigenvalue weighted by molar-refractivity contribution is -0.117. The molecule has 3 aromatic rings. The predicted octanol–water partition coefficient (Wildman–Crippen LogP) is 5.29. The molecular weight excluding hydrogens is 396 g/mol. The lowest BCUT2D eigenvalue weighted by atomic mass is 10.1. The molecule has 2 aliphatic rings. The van der Waals surface area contributed by atoms with Gasteiger partial charge < -0.3 is 10.2 Å². The molecule has 0 bridgehead atoms. The van der Waals surface area contributed by atoms with Crippen molar-refractivity contribution in [2.24, 2.45) is 5.92 Å². The van der Waals surface area contributed by atoms with Crippen LogP contribution in [0.4, 0.5) is 11.4 Å². The van der Waals surface area contributed by atoms with Gasteiger partial charge in [0.15, 0.2) is 0 Å². The van der Waals surface area contributed by atoms with Crippen molar-refractivity contribution in [2.75, 3.05) is 16.8 Å². The number of nitrogens with zero attached hydrogens (tertiary/aromatic N) is 1. The molecule has 1 heterocycles. The molecule has 3 aromatic carbocycles. The minimum Gasteiger partial charge on any atom is -0.326 e. The average Bonchev–Trinajstić information content (AvgIpc) is 3.45. The summed E-state index contributed by atoms with van der Waals surface area (Å²) in [5.41, 5.74) is 4.53. The first-order valence-corrected chi connectivity index (χ1v) is 10.5. The first-order chi connectivity index (χ1) is 14.6. The second-order valence-electron chi connectivity index (χ2n) is 7.87. The van der Waals surface area contributed by atoms with Gasteiger partial charge in [0.1, 0.15) is 0 Å². The minimum absolute atomic E-state index is 0.00698. The van der Waals surface area contributed by atoms with E-state index in [1.165, 1.54) is 5.56 Å². The summed E-state index contributed by atoms with van der Waals surface area (Å²) < 4.78 is 0. The summed E-state index contributed by atoms with van der Waals surface area (Å²) in [6.45, 7) is 0.696. The van der Waals surface area contributed by atoms with Crippen LogP contribution in [0.2, 0.25) is 5.02 Å². The fourth-order valence-electron chi connectivity index (χ4n) is 4.24. The van der Waals surface area contributed by atoms with E-state index in [-0.39, 0.29) is 23.7 Å². The van der Waals surface area contributed by atoms with Crippen LogP contribution in [0.1, 0.15) is 33.8 Å². The number of rotatable bonds is 4. The van der Waals surface area contributed by atoms with Gasteiger partial charge in [-0.1, -0.05) is 48.0 Å². The van der Waals surface area contributed by atoms with Crippen molar-refractivity contribution < 1.29 is 9.59 Å². The summed E-state index contributed by atoms with van der Waals surface area (Å²) >= 11 is 6.25. The van der Waals surface area contributed by atoms with Crippen LogP contribution in [-0.2, 0) is 11.2 Å². The van der Waals surface area contributed by atoms with Crippen LogP contribution in [0.3, 0.4) is 0 Å². The molecule has 150 valence electrons. The molecule has 4 nitrogen and oxygen atoms in total. The van der Waals surface area contributed by atoms with Gasteiger partial charge in [-0.2, -0.15) is 0 Å². The number of amides is 2. The Kier molecular flexibility index (Phi) is 4.80. The van der Waals surface area contributed by atoms with E-state index < -0.39 is 0 Å². The maximum absolute atomic E-state index is 12.9. The summed E-state index contributed by atoms with van der Waals surface area (Å²) in [4.78, 5) is 27.3. The largest absolute Gasteiger partial charge is 0.326 e. The summed E-state index contributed by atoms with van der Waals surface area (Å²) in [6, 6.07) is 22.8. The van der Waals surface area contributed by atoms with Gasteiger partial charge in [0.2, 0.25) is 5.91 Å². The first kappa shape index (κ1) is 18.9. The highest BCUT2D eigenvalue weighted by molar-refractivity contribution is 6.31. The number of carbonyl (C=O) groups excluding carboxylic acids is 2. The Hall–Kier alpha value is -3.11. The molecule has 5 rings (SSSR count). The number of carbonyl (C=O) groups is 2. The second-order valence-corrected chi connectivity index (χ2v) is 8.28. The van der Waals surface area contributed by atoms with E-state index in [4.69, 9.17) is 11.6 Å². The Balaban J connectivity index is 1.24. The third kappa shape index (κ3) is 3.48. The van der Waals surface area contributed by atoms with Crippen molar-refractivity contribution in [3.8, 4) is 0 Å². The first-order valence-electron chi connectivity index (χ1n) is 10.2. The monoisotopic (exact) mass is 416 g/mol. The number of fused-ring (bicyclic) bond motifs is 1. The Labute approximate surface area is 180 Å². The van der Waals surface area contributed by atoms with Crippen molar-refractivity contribution in [1.29, 1.82) is 0 Å². The molecule has 1 aliphatic heterocycles. The van der Waals surface area contributed by atoms with Crippen LogP contribution in [0, 0.1) is 5.92 Å². The zero-order valence-electron chi connectivity index (χ0n) is 16.3. The van der Waals surface area contributed by atoms with Crippen LogP contribution in [0.15, 0.2) is 72.8 Å². The maximum atomic E-state index is 12.9. The van der Waals surface area contributed by atoms with E-state index in [0.29, 0.717) is 22.8 Å². The van der Waals surface area contributed by atoms with Crippen molar-refractivity contribution in [2.45, 2.75) is 18.8 Å². The molecule has 0 radical (unpaired) electrons. The third-order valence-electron chi connectivity index (χ3n) is 5.96. The lowest BCUT2D eigenvalue weighted by Crippen LogP contribution is -2.28. The molecule has 1 saturated carbocycles. The van der Waals surface area contributed by atoms with E-state index in [1.807, 2.05) is 47.4 Å². The van der Waals surface area contributed by atoms with E-state index in [9.17, 15) is 9.59 Å². The van der Waals surface area contributed by atoms with Crippen molar-refractivity contribution in [3.63, 3.8) is 0 Å². The molecule has 1 N–H and O–H groups in total. The Morgan fingerprint density at radius 2 is 1.67 bits per heavy atom. The molecule has 0 aromatic heterocycles. The topological polar surface area (TPSA) is 49.4 Å². The number of halogens is 1. The zero-order valence-corrected chi connectivity index (χ0v) is 17.1. The van der Waals surface area contributed by atoms with Gasteiger partial charge in [0.25, 0.3) is 5.91 Å². The molecule has 0 saturated heterocycles. The van der Waals surface area contributed by atoms with E-state index in [0.717, 1.165) is 24.1 Å². The SMILES string of the molecule is O=C(Nc1ccc(C(=O)N2CCc3ccccc32)cc1)C1CC1c1ccccc1Cl. The number of hydrogen-bond donors (Lipinski definition) is 1. The molecule has 0 spiro atoms. The van der Waals surface area contributed by atoms with Crippen LogP contribution >= 0.6 is 11.6 Å². The van der Waals surface area contributed by atoms with E-state index in [1.54, 1.807) is 24.3 Å². The molecule has 5 heteroatoms. The summed E-state index contributed by atoms with van der Waals surface area (Å²) in [7, 11) is 0. The van der Waals surface area contributed by atoms with Crippen LogP contribution in [0.25, 0.3) is 0 Å². The fourth-order valence-corrected chi connectivity index (χ4v) is 4.52. The Morgan fingerprint density at radius 1 is 0.933 bits per heavy atom. The number of hydrogen-bond acceptors (Lipinski definition) is 2. The molecule has 2 unspecified atom stereocenters. The van der Waals surface area contributed by atoms with Gasteiger partial charge in [-0.3, -0.25) is 9.59 Å². The van der Waals surface area contributed by atoms with E-state index >= 15 is 0 Å². The number of benzene rings is 3.